The number of hydrogen-bond acceptors (Lipinski definition) is 4. The molecule has 0 aliphatic heterocycles. The van der Waals surface area contributed by atoms with Crippen LogP contribution in [0.15, 0.2) is 0 Å². The second-order valence-corrected chi connectivity index (χ2v) is 6.77. The average Bonchev–Trinajstić information content (AvgIpc) is 1.96. The van der Waals surface area contributed by atoms with Crippen LogP contribution < -0.4 is 5.32 Å². The fraction of sp³-hybridized carbons (Fsp3) is 1.00. The van der Waals surface area contributed by atoms with E-state index in [1.807, 2.05) is 0 Å². The largest absolute Gasteiger partial charge is 0.395 e. The molecule has 0 saturated carbocycles. The normalized spacial score (nSPS) is 13.2. The molecule has 0 aromatic carbocycles. The first-order valence-corrected chi connectivity index (χ1v) is 6.00. The van der Waals surface area contributed by atoms with E-state index in [1.54, 1.807) is 20.8 Å². The van der Waals surface area contributed by atoms with E-state index in [2.05, 4.69) is 5.32 Å². The van der Waals surface area contributed by atoms with E-state index in [9.17, 15) is 8.42 Å². The SMILES string of the molecule is CC(C)(C)S(=O)(=O)CCNCCO. The van der Waals surface area contributed by atoms with E-state index in [4.69, 9.17) is 5.11 Å². The zero-order valence-electron chi connectivity index (χ0n) is 8.50. The molecular weight excluding hydrogens is 190 g/mol. The molecule has 0 amide bonds. The van der Waals surface area contributed by atoms with Gasteiger partial charge in [-0.3, -0.25) is 0 Å². The second kappa shape index (κ2) is 4.93. The molecule has 0 spiro atoms. The summed E-state index contributed by atoms with van der Waals surface area (Å²) < 4.78 is 22.3. The Balaban J connectivity index is 3.92. The van der Waals surface area contributed by atoms with Gasteiger partial charge in [0, 0.05) is 13.1 Å². The predicted octanol–water partition coefficient (Wildman–Crippen LogP) is -0.218. The van der Waals surface area contributed by atoms with Crippen molar-refractivity contribution in [3.05, 3.63) is 0 Å². The Kier molecular flexibility index (Phi) is 4.88. The third-order valence-electron chi connectivity index (χ3n) is 1.77. The molecule has 0 aromatic heterocycles. The van der Waals surface area contributed by atoms with Crippen molar-refractivity contribution >= 4 is 9.84 Å². The summed E-state index contributed by atoms with van der Waals surface area (Å²) in [7, 11) is -3.02. The summed E-state index contributed by atoms with van der Waals surface area (Å²) in [6.07, 6.45) is 0. The Morgan fingerprint density at radius 3 is 2.15 bits per heavy atom. The highest BCUT2D eigenvalue weighted by molar-refractivity contribution is 7.92. The van der Waals surface area contributed by atoms with Crippen LogP contribution in [0.3, 0.4) is 0 Å². The summed E-state index contributed by atoms with van der Waals surface area (Å²) in [5.74, 6) is 0.122. The van der Waals surface area contributed by atoms with Crippen LogP contribution in [0.2, 0.25) is 0 Å². The van der Waals surface area contributed by atoms with Crippen molar-refractivity contribution in [2.24, 2.45) is 0 Å². The lowest BCUT2D eigenvalue weighted by molar-refractivity contribution is 0.293. The summed E-state index contributed by atoms with van der Waals surface area (Å²) in [5.41, 5.74) is 0. The molecule has 0 unspecified atom stereocenters. The Bertz CT molecular complexity index is 228. The molecule has 0 radical (unpaired) electrons. The molecule has 0 aliphatic rings. The molecule has 0 bridgehead atoms. The standard InChI is InChI=1S/C8H19NO3S/c1-8(2,3)13(11,12)7-5-9-4-6-10/h9-10H,4-7H2,1-3H3. The quantitative estimate of drug-likeness (QED) is 0.614. The van der Waals surface area contributed by atoms with Crippen molar-refractivity contribution in [1.82, 2.24) is 5.32 Å². The summed E-state index contributed by atoms with van der Waals surface area (Å²) in [6.45, 7) is 5.95. The Labute approximate surface area is 80.3 Å². The third kappa shape index (κ3) is 4.59. The van der Waals surface area contributed by atoms with Gasteiger partial charge in [-0.1, -0.05) is 0 Å². The van der Waals surface area contributed by atoms with Crippen LogP contribution in [0.5, 0.6) is 0 Å². The summed E-state index contributed by atoms with van der Waals surface area (Å²) in [4.78, 5) is 0. The molecule has 0 fully saturated rings. The molecular formula is C8H19NO3S. The fourth-order valence-corrected chi connectivity index (χ4v) is 1.74. The van der Waals surface area contributed by atoms with Crippen molar-refractivity contribution in [2.45, 2.75) is 25.5 Å². The minimum atomic E-state index is -3.02. The molecule has 2 N–H and O–H groups in total. The lowest BCUT2D eigenvalue weighted by Gasteiger charge is -2.18. The number of aliphatic hydroxyl groups is 1. The first-order chi connectivity index (χ1) is 5.81. The van der Waals surface area contributed by atoms with Gasteiger partial charge in [0.15, 0.2) is 9.84 Å². The molecule has 4 nitrogen and oxygen atoms in total. The van der Waals surface area contributed by atoms with E-state index >= 15 is 0 Å². The molecule has 0 heterocycles. The van der Waals surface area contributed by atoms with Crippen LogP contribution in [0.25, 0.3) is 0 Å². The highest BCUT2D eigenvalue weighted by Gasteiger charge is 2.27. The smallest absolute Gasteiger partial charge is 0.156 e. The van der Waals surface area contributed by atoms with Crippen LogP contribution in [-0.4, -0.2) is 43.7 Å². The number of sulfone groups is 1. The van der Waals surface area contributed by atoms with Gasteiger partial charge in [-0.25, -0.2) is 8.42 Å². The molecule has 0 saturated heterocycles. The summed E-state index contributed by atoms with van der Waals surface area (Å²) >= 11 is 0. The second-order valence-electron chi connectivity index (χ2n) is 3.90. The molecule has 0 aromatic rings. The van der Waals surface area contributed by atoms with Gasteiger partial charge in [-0.2, -0.15) is 0 Å². The molecule has 0 atom stereocenters. The van der Waals surface area contributed by atoms with E-state index in [1.165, 1.54) is 0 Å². The zero-order valence-corrected chi connectivity index (χ0v) is 9.32. The highest BCUT2D eigenvalue weighted by atomic mass is 32.2. The topological polar surface area (TPSA) is 66.4 Å². The lowest BCUT2D eigenvalue weighted by atomic mass is 10.3. The minimum Gasteiger partial charge on any atom is -0.395 e. The number of nitrogens with one attached hydrogen (secondary N) is 1. The first-order valence-electron chi connectivity index (χ1n) is 4.35. The van der Waals surface area contributed by atoms with E-state index < -0.39 is 14.6 Å². The van der Waals surface area contributed by atoms with Crippen molar-refractivity contribution in [3.8, 4) is 0 Å². The molecule has 0 aliphatic carbocycles. The maximum absolute atomic E-state index is 11.5. The Hall–Kier alpha value is -0.130. The third-order valence-corrected chi connectivity index (χ3v) is 4.38. The zero-order chi connectivity index (χ0) is 10.5. The average molecular weight is 209 g/mol. The highest BCUT2D eigenvalue weighted by Crippen LogP contribution is 2.14. The molecule has 13 heavy (non-hydrogen) atoms. The van der Waals surface area contributed by atoms with Crippen molar-refractivity contribution < 1.29 is 13.5 Å². The van der Waals surface area contributed by atoms with E-state index in [-0.39, 0.29) is 12.4 Å². The number of rotatable bonds is 5. The van der Waals surface area contributed by atoms with Crippen LogP contribution in [0, 0.1) is 0 Å². The monoisotopic (exact) mass is 209 g/mol. The van der Waals surface area contributed by atoms with Gasteiger partial charge in [0.05, 0.1) is 17.1 Å². The number of hydrogen-bond donors (Lipinski definition) is 2. The van der Waals surface area contributed by atoms with Crippen LogP contribution in [-0.2, 0) is 9.84 Å². The minimum absolute atomic E-state index is 0.0373. The van der Waals surface area contributed by atoms with Crippen LogP contribution in [0.4, 0.5) is 0 Å². The van der Waals surface area contributed by atoms with Gasteiger partial charge in [0.25, 0.3) is 0 Å². The Morgan fingerprint density at radius 1 is 1.23 bits per heavy atom. The maximum atomic E-state index is 11.5. The maximum Gasteiger partial charge on any atom is 0.156 e. The van der Waals surface area contributed by atoms with Crippen LogP contribution >= 0.6 is 0 Å². The van der Waals surface area contributed by atoms with Crippen molar-refractivity contribution in [2.75, 3.05) is 25.4 Å². The van der Waals surface area contributed by atoms with Gasteiger partial charge >= 0.3 is 0 Å². The summed E-state index contributed by atoms with van der Waals surface area (Å²) in [6, 6.07) is 0. The molecule has 0 rings (SSSR count). The van der Waals surface area contributed by atoms with Gasteiger partial charge in [0.1, 0.15) is 0 Å². The number of aliphatic hydroxyl groups excluding tert-OH is 1. The van der Waals surface area contributed by atoms with Crippen molar-refractivity contribution in [1.29, 1.82) is 0 Å². The lowest BCUT2D eigenvalue weighted by Crippen LogP contribution is -2.35. The van der Waals surface area contributed by atoms with Crippen LogP contribution in [0.1, 0.15) is 20.8 Å². The predicted molar refractivity (Wildman–Crippen MR) is 53.5 cm³/mol. The van der Waals surface area contributed by atoms with Crippen molar-refractivity contribution in [3.63, 3.8) is 0 Å². The summed E-state index contributed by atoms with van der Waals surface area (Å²) in [5, 5.41) is 11.3. The van der Waals surface area contributed by atoms with Gasteiger partial charge in [-0.15, -0.1) is 0 Å². The van der Waals surface area contributed by atoms with Gasteiger partial charge in [-0.05, 0) is 20.8 Å². The molecule has 80 valence electrons. The molecule has 5 heteroatoms. The Morgan fingerprint density at radius 2 is 1.77 bits per heavy atom. The van der Waals surface area contributed by atoms with Gasteiger partial charge in [0.2, 0.25) is 0 Å². The van der Waals surface area contributed by atoms with Gasteiger partial charge < -0.3 is 10.4 Å². The fourth-order valence-electron chi connectivity index (χ4n) is 0.717. The van der Waals surface area contributed by atoms with E-state index in [0.29, 0.717) is 13.1 Å². The van der Waals surface area contributed by atoms with E-state index in [0.717, 1.165) is 0 Å². The first kappa shape index (κ1) is 12.9.